The van der Waals surface area contributed by atoms with Gasteiger partial charge in [0.1, 0.15) is 5.58 Å². The third-order valence-corrected chi connectivity index (χ3v) is 3.81. The third kappa shape index (κ3) is 11.2. The molecule has 8 nitrogen and oxygen atoms in total. The smallest absolute Gasteiger partial charge is 0.336 e. The van der Waals surface area contributed by atoms with Crippen molar-refractivity contribution in [1.29, 1.82) is 0 Å². The van der Waals surface area contributed by atoms with E-state index in [1.54, 1.807) is 12.1 Å². The molecule has 0 aliphatic carbocycles. The first kappa shape index (κ1) is 23.0. The molecule has 25 heavy (non-hydrogen) atoms. The van der Waals surface area contributed by atoms with Gasteiger partial charge in [-0.05, 0) is 32.0 Å². The summed E-state index contributed by atoms with van der Waals surface area (Å²) in [6, 6.07) is 10.6. The Morgan fingerprint density at radius 1 is 1.16 bits per heavy atom. The number of para-hydroxylation sites is 1. The molecule has 2 rings (SSSR count). The van der Waals surface area contributed by atoms with Crippen LogP contribution in [0, 0.1) is 0 Å². The van der Waals surface area contributed by atoms with Gasteiger partial charge in [-0.2, -0.15) is 0 Å². The number of amides is 1. The summed E-state index contributed by atoms with van der Waals surface area (Å²) in [6.07, 6.45) is 1.10. The highest BCUT2D eigenvalue weighted by molar-refractivity contribution is 7.51. The van der Waals surface area contributed by atoms with Gasteiger partial charge in [0.15, 0.2) is 0 Å². The largest absolute Gasteiger partial charge is 0.423 e. The number of hydrogen-bond acceptors (Lipinski definition) is 5. The standard InChI is InChI=1S/C9H6O2.C6H14NO4P.CH5N/c10-9-6-5-7-3-1-2-4-8(7)11-9;1-7-6(8)4-2-3-5-12(9,10)11;1-2/h1-6H;2-5H2,1H3,(H,7,8)(H2,9,10,11);2H2,1H3. The predicted molar refractivity (Wildman–Crippen MR) is 97.4 cm³/mol. The number of hydrogen-bond donors (Lipinski definition) is 4. The van der Waals surface area contributed by atoms with Crippen molar-refractivity contribution in [2.45, 2.75) is 19.3 Å². The Morgan fingerprint density at radius 2 is 1.80 bits per heavy atom. The molecule has 0 spiro atoms. The number of benzene rings is 1. The fourth-order valence-electron chi connectivity index (χ4n) is 1.74. The van der Waals surface area contributed by atoms with Crippen LogP contribution in [0.3, 0.4) is 0 Å². The number of carbonyl (C=O) groups excluding carboxylic acids is 1. The molecule has 0 bridgehead atoms. The molecule has 140 valence electrons. The Kier molecular flexibility index (Phi) is 11.4. The number of fused-ring (bicyclic) bond motifs is 1. The maximum Gasteiger partial charge on any atom is 0.336 e. The van der Waals surface area contributed by atoms with Crippen molar-refractivity contribution < 1.29 is 23.6 Å². The lowest BCUT2D eigenvalue weighted by molar-refractivity contribution is -0.120. The van der Waals surface area contributed by atoms with E-state index in [4.69, 9.17) is 14.2 Å². The highest BCUT2D eigenvalue weighted by Crippen LogP contribution is 2.35. The number of unbranched alkanes of at least 4 members (excludes halogenated alkanes) is 1. The minimum atomic E-state index is -3.87. The average Bonchev–Trinajstić information content (AvgIpc) is 2.60. The van der Waals surface area contributed by atoms with Crippen molar-refractivity contribution in [3.8, 4) is 0 Å². The van der Waals surface area contributed by atoms with Crippen LogP contribution in [0.25, 0.3) is 11.0 Å². The first-order valence-corrected chi connectivity index (χ1v) is 9.43. The molecular weight excluding hydrogens is 347 g/mol. The van der Waals surface area contributed by atoms with E-state index in [-0.39, 0.29) is 17.7 Å². The molecule has 0 atom stereocenters. The summed E-state index contributed by atoms with van der Waals surface area (Å²) in [5.74, 6) is -0.0966. The molecule has 0 saturated heterocycles. The fourth-order valence-corrected chi connectivity index (χ4v) is 2.38. The predicted octanol–water partition coefficient (Wildman–Crippen LogP) is 1.45. The quantitative estimate of drug-likeness (QED) is 0.353. The van der Waals surface area contributed by atoms with E-state index in [9.17, 15) is 14.2 Å². The van der Waals surface area contributed by atoms with Crippen molar-refractivity contribution in [3.63, 3.8) is 0 Å². The van der Waals surface area contributed by atoms with Crippen LogP contribution in [0.2, 0.25) is 0 Å². The van der Waals surface area contributed by atoms with Crippen LogP contribution in [0.1, 0.15) is 19.3 Å². The van der Waals surface area contributed by atoms with Gasteiger partial charge in [0.05, 0.1) is 0 Å². The molecule has 0 saturated carbocycles. The summed E-state index contributed by atoms with van der Waals surface area (Å²) >= 11 is 0. The van der Waals surface area contributed by atoms with Crippen molar-refractivity contribution in [3.05, 3.63) is 46.8 Å². The van der Waals surface area contributed by atoms with Crippen LogP contribution in [0.15, 0.2) is 45.6 Å². The third-order valence-electron chi connectivity index (χ3n) is 2.91. The van der Waals surface area contributed by atoms with E-state index in [2.05, 4.69) is 11.1 Å². The van der Waals surface area contributed by atoms with E-state index in [1.165, 1.54) is 20.2 Å². The highest BCUT2D eigenvalue weighted by Gasteiger charge is 2.11. The van der Waals surface area contributed by atoms with Gasteiger partial charge >= 0.3 is 13.2 Å². The van der Waals surface area contributed by atoms with Crippen molar-refractivity contribution >= 4 is 24.5 Å². The minimum absolute atomic E-state index is 0.0966. The highest BCUT2D eigenvalue weighted by atomic mass is 31.2. The van der Waals surface area contributed by atoms with E-state index in [1.807, 2.05) is 18.2 Å². The second-order valence-electron chi connectivity index (χ2n) is 4.81. The fraction of sp³-hybridized carbons (Fsp3) is 0.375. The van der Waals surface area contributed by atoms with Crippen molar-refractivity contribution in [2.24, 2.45) is 5.73 Å². The van der Waals surface area contributed by atoms with E-state index >= 15 is 0 Å². The van der Waals surface area contributed by atoms with Gasteiger partial charge in [-0.15, -0.1) is 0 Å². The number of nitrogens with one attached hydrogen (secondary N) is 1. The molecule has 1 aromatic heterocycles. The number of nitrogens with two attached hydrogens (primary N) is 1. The lowest BCUT2D eigenvalue weighted by atomic mass is 10.2. The molecule has 0 aliphatic rings. The zero-order valence-corrected chi connectivity index (χ0v) is 15.2. The maximum atomic E-state index is 10.7. The normalized spacial score (nSPS) is 10.1. The van der Waals surface area contributed by atoms with Crippen LogP contribution in [0.5, 0.6) is 0 Å². The average molecular weight is 372 g/mol. The minimum Gasteiger partial charge on any atom is -0.423 e. The van der Waals surface area contributed by atoms with Crippen LogP contribution < -0.4 is 16.7 Å². The molecule has 0 radical (unpaired) electrons. The SMILES string of the molecule is CN.CNC(=O)CCCCP(=O)(O)O.O=c1ccc2ccccc2o1. The molecule has 1 aromatic carbocycles. The first-order chi connectivity index (χ1) is 11.8. The summed E-state index contributed by atoms with van der Waals surface area (Å²) in [7, 11) is -0.833. The summed E-state index contributed by atoms with van der Waals surface area (Å²) in [6.45, 7) is 0. The molecule has 0 unspecified atom stereocenters. The second-order valence-corrected chi connectivity index (χ2v) is 6.59. The number of rotatable bonds is 5. The summed E-state index contributed by atoms with van der Waals surface area (Å²) < 4.78 is 15.2. The van der Waals surface area contributed by atoms with Gasteiger partial charge in [0.2, 0.25) is 5.91 Å². The van der Waals surface area contributed by atoms with Gasteiger partial charge in [-0.1, -0.05) is 18.2 Å². The first-order valence-electron chi connectivity index (χ1n) is 7.63. The molecule has 2 aromatic rings. The monoisotopic (exact) mass is 372 g/mol. The summed E-state index contributed by atoms with van der Waals surface area (Å²) in [5.41, 5.74) is 4.84. The molecule has 1 amide bonds. The Bertz CT molecular complexity index is 740. The second kappa shape index (κ2) is 12.4. The Labute approximate surface area is 146 Å². The van der Waals surface area contributed by atoms with Gasteiger partial charge in [0.25, 0.3) is 0 Å². The summed E-state index contributed by atoms with van der Waals surface area (Å²) in [4.78, 5) is 38.2. The zero-order valence-electron chi connectivity index (χ0n) is 14.3. The Morgan fingerprint density at radius 3 is 2.40 bits per heavy atom. The topological polar surface area (TPSA) is 143 Å². The maximum absolute atomic E-state index is 10.7. The molecular formula is C16H25N2O6P. The molecule has 5 N–H and O–H groups in total. The zero-order chi connectivity index (χ0) is 19.3. The van der Waals surface area contributed by atoms with Crippen LogP contribution in [-0.4, -0.2) is 36.0 Å². The van der Waals surface area contributed by atoms with Gasteiger partial charge in [-0.25, -0.2) is 4.79 Å². The lowest BCUT2D eigenvalue weighted by Crippen LogP contribution is -2.17. The lowest BCUT2D eigenvalue weighted by Gasteiger charge is -2.02. The van der Waals surface area contributed by atoms with Gasteiger partial charge in [-0.3, -0.25) is 9.36 Å². The molecule has 0 fully saturated rings. The summed E-state index contributed by atoms with van der Waals surface area (Å²) in [5, 5.41) is 3.38. The van der Waals surface area contributed by atoms with Crippen LogP contribution >= 0.6 is 7.60 Å². The van der Waals surface area contributed by atoms with Crippen LogP contribution in [-0.2, 0) is 9.36 Å². The Balaban J connectivity index is 0.000000419. The molecule has 0 aliphatic heterocycles. The van der Waals surface area contributed by atoms with Gasteiger partial charge < -0.3 is 25.3 Å². The van der Waals surface area contributed by atoms with Crippen molar-refractivity contribution in [2.75, 3.05) is 20.3 Å². The van der Waals surface area contributed by atoms with E-state index in [0.717, 1.165) is 5.39 Å². The van der Waals surface area contributed by atoms with E-state index < -0.39 is 7.60 Å². The number of carbonyl (C=O) groups is 1. The van der Waals surface area contributed by atoms with E-state index in [0.29, 0.717) is 24.8 Å². The van der Waals surface area contributed by atoms with Gasteiger partial charge in [0, 0.05) is 31.1 Å². The molecule has 9 heteroatoms. The van der Waals surface area contributed by atoms with Crippen LogP contribution in [0.4, 0.5) is 0 Å². The van der Waals surface area contributed by atoms with Crippen molar-refractivity contribution in [1.82, 2.24) is 5.32 Å². The Hall–Kier alpha value is -1.99. The molecule has 1 heterocycles.